The number of hydrogen-bond acceptors (Lipinski definition) is 3. The van der Waals surface area contributed by atoms with Gasteiger partial charge >= 0.3 is 0 Å². The van der Waals surface area contributed by atoms with E-state index in [2.05, 4.69) is 11.0 Å². The minimum Gasteiger partial charge on any atom is -0.342 e. The minimum atomic E-state index is -0.581. The first-order valence-electron chi connectivity index (χ1n) is 12.7. The van der Waals surface area contributed by atoms with E-state index in [0.717, 1.165) is 44.9 Å². The van der Waals surface area contributed by atoms with Gasteiger partial charge in [0.1, 0.15) is 5.82 Å². The number of halogens is 1. The number of amides is 2. The number of rotatable bonds is 7. The Bertz CT molecular complexity index is 1020. The van der Waals surface area contributed by atoms with Crippen LogP contribution in [0.3, 0.4) is 0 Å². The lowest BCUT2D eigenvalue weighted by atomic mass is 9.80. The van der Waals surface area contributed by atoms with E-state index < -0.39 is 17.8 Å². The molecule has 1 N–H and O–H groups in total. The zero-order valence-electron chi connectivity index (χ0n) is 20.2. The van der Waals surface area contributed by atoms with Crippen LogP contribution in [0.1, 0.15) is 87.1 Å². The molecule has 0 radical (unpaired) electrons. The normalized spacial score (nSPS) is 21.6. The van der Waals surface area contributed by atoms with Crippen LogP contribution < -0.4 is 5.32 Å². The number of carbonyl (C=O) groups excluding carboxylic acids is 3. The standard InChI is InChI=1S/C28H35FN2O3/c1-18(2)26(32)25(19-9-4-3-5-10-19)30-27(33)23-15-7-14-22(24(23)29)21-13-8-16-31(17-21)28(34)20-11-6-12-20/h6-7,14-15,18-19,21,25H,3-5,8-11,13,16-17H2,1-2H3,(H,30,33)/t21?,25-/m1/s1. The summed E-state index contributed by atoms with van der Waals surface area (Å²) < 4.78 is 15.7. The summed E-state index contributed by atoms with van der Waals surface area (Å²) in [6.07, 6.45) is 9.09. The van der Waals surface area contributed by atoms with E-state index in [-0.39, 0.29) is 35.0 Å². The Morgan fingerprint density at radius 2 is 1.82 bits per heavy atom. The summed E-state index contributed by atoms with van der Waals surface area (Å²) in [5.74, 6) is -1.34. The quantitative estimate of drug-likeness (QED) is 0.580. The fourth-order valence-electron chi connectivity index (χ4n) is 5.47. The second-order valence-electron chi connectivity index (χ2n) is 10.2. The Hall–Kier alpha value is -2.72. The zero-order chi connectivity index (χ0) is 24.2. The molecule has 2 aliphatic carbocycles. The van der Waals surface area contributed by atoms with Gasteiger partial charge in [0, 0.05) is 31.3 Å². The lowest BCUT2D eigenvalue weighted by molar-refractivity contribution is -0.128. The van der Waals surface area contributed by atoms with E-state index in [0.29, 0.717) is 30.6 Å². The summed E-state index contributed by atoms with van der Waals surface area (Å²) >= 11 is 0. The topological polar surface area (TPSA) is 66.5 Å². The van der Waals surface area contributed by atoms with Crippen LogP contribution in [0.25, 0.3) is 0 Å². The molecule has 0 aromatic heterocycles. The van der Waals surface area contributed by atoms with Crippen LogP contribution in [0, 0.1) is 17.7 Å². The van der Waals surface area contributed by atoms with Crippen molar-refractivity contribution in [2.24, 2.45) is 11.8 Å². The van der Waals surface area contributed by atoms with E-state index in [4.69, 9.17) is 0 Å². The average Bonchev–Trinajstić information content (AvgIpc) is 2.81. The van der Waals surface area contributed by atoms with Crippen LogP contribution in [-0.2, 0) is 9.59 Å². The maximum atomic E-state index is 15.7. The molecule has 1 saturated carbocycles. The SMILES string of the molecule is CC(C)C(=O)[C@H](NC(=O)c1cccc(C2CCCN(C(=O)C3=C=CC3)C2)c1F)C1CCCCC1. The van der Waals surface area contributed by atoms with Crippen molar-refractivity contribution >= 4 is 17.6 Å². The molecule has 182 valence electrons. The highest BCUT2D eigenvalue weighted by Crippen LogP contribution is 2.32. The smallest absolute Gasteiger partial charge is 0.257 e. The van der Waals surface area contributed by atoms with Crippen LogP contribution in [0.2, 0.25) is 0 Å². The van der Waals surface area contributed by atoms with Crippen LogP contribution in [-0.4, -0.2) is 41.6 Å². The van der Waals surface area contributed by atoms with Gasteiger partial charge in [0.25, 0.3) is 11.8 Å². The van der Waals surface area contributed by atoms with Crippen LogP contribution in [0.5, 0.6) is 0 Å². The van der Waals surface area contributed by atoms with Crippen LogP contribution in [0.15, 0.2) is 35.6 Å². The number of ketones is 1. The van der Waals surface area contributed by atoms with Crippen LogP contribution in [0.4, 0.5) is 4.39 Å². The Labute approximate surface area is 201 Å². The molecule has 5 nitrogen and oxygen atoms in total. The molecule has 2 fully saturated rings. The van der Waals surface area contributed by atoms with Gasteiger partial charge in [0.15, 0.2) is 5.78 Å². The lowest BCUT2D eigenvalue weighted by Gasteiger charge is -2.34. The highest BCUT2D eigenvalue weighted by atomic mass is 19.1. The predicted molar refractivity (Wildman–Crippen MR) is 129 cm³/mol. The Kier molecular flexibility index (Phi) is 7.67. The van der Waals surface area contributed by atoms with Gasteiger partial charge in [0.2, 0.25) is 0 Å². The predicted octanol–water partition coefficient (Wildman–Crippen LogP) is 4.92. The van der Waals surface area contributed by atoms with Crippen LogP contribution >= 0.6 is 0 Å². The summed E-state index contributed by atoms with van der Waals surface area (Å²) in [7, 11) is 0. The second kappa shape index (κ2) is 10.7. The molecule has 4 rings (SSSR count). The molecule has 6 heteroatoms. The molecule has 1 aromatic carbocycles. The number of nitrogens with one attached hydrogen (secondary N) is 1. The van der Waals surface area contributed by atoms with Gasteiger partial charge in [-0.15, -0.1) is 5.73 Å². The number of Topliss-reactive ketones (excluding diaryl/α,β-unsaturated/α-hetero) is 1. The summed E-state index contributed by atoms with van der Waals surface area (Å²) in [6.45, 7) is 4.78. The maximum Gasteiger partial charge on any atom is 0.257 e. The highest BCUT2D eigenvalue weighted by Gasteiger charge is 2.34. The number of carbonyl (C=O) groups is 3. The van der Waals surface area contributed by atoms with Gasteiger partial charge in [-0.1, -0.05) is 45.2 Å². The summed E-state index contributed by atoms with van der Waals surface area (Å²) in [6, 6.07) is 4.32. The van der Waals surface area contributed by atoms with Crippen molar-refractivity contribution in [3.63, 3.8) is 0 Å². The highest BCUT2D eigenvalue weighted by molar-refractivity contribution is 5.99. The van der Waals surface area contributed by atoms with Gasteiger partial charge < -0.3 is 10.2 Å². The Balaban J connectivity index is 1.52. The molecule has 3 aliphatic rings. The fourth-order valence-corrected chi connectivity index (χ4v) is 5.47. The molecule has 1 heterocycles. The maximum absolute atomic E-state index is 15.7. The van der Waals surface area contributed by atoms with Crippen molar-refractivity contribution in [2.75, 3.05) is 13.1 Å². The van der Waals surface area contributed by atoms with Crippen molar-refractivity contribution in [1.82, 2.24) is 10.2 Å². The molecule has 1 aromatic rings. The Morgan fingerprint density at radius 3 is 2.47 bits per heavy atom. The molecule has 1 unspecified atom stereocenters. The number of nitrogens with zero attached hydrogens (tertiary/aromatic N) is 1. The molecule has 2 amide bonds. The van der Waals surface area contributed by atoms with E-state index in [1.807, 2.05) is 19.9 Å². The number of benzene rings is 1. The first kappa shape index (κ1) is 24.4. The van der Waals surface area contributed by atoms with Gasteiger partial charge in [-0.05, 0) is 49.3 Å². The molecular formula is C28H35FN2O3. The molecule has 0 spiro atoms. The van der Waals surface area contributed by atoms with Crippen molar-refractivity contribution in [3.8, 4) is 0 Å². The van der Waals surface area contributed by atoms with Crippen molar-refractivity contribution in [2.45, 2.75) is 77.2 Å². The number of piperidine rings is 1. The molecule has 1 saturated heterocycles. The van der Waals surface area contributed by atoms with E-state index in [9.17, 15) is 14.4 Å². The summed E-state index contributed by atoms with van der Waals surface area (Å²) in [5, 5.41) is 2.90. The van der Waals surface area contributed by atoms with Crippen molar-refractivity contribution in [1.29, 1.82) is 0 Å². The molecule has 2 atom stereocenters. The minimum absolute atomic E-state index is 0.0117. The van der Waals surface area contributed by atoms with Gasteiger partial charge in [-0.2, -0.15) is 0 Å². The van der Waals surface area contributed by atoms with E-state index >= 15 is 4.39 Å². The molecule has 0 bridgehead atoms. The fraction of sp³-hybridized carbons (Fsp3) is 0.571. The summed E-state index contributed by atoms with van der Waals surface area (Å²) in [5.41, 5.74) is 4.06. The molecular weight excluding hydrogens is 431 g/mol. The zero-order valence-corrected chi connectivity index (χ0v) is 20.2. The average molecular weight is 467 g/mol. The monoisotopic (exact) mass is 466 g/mol. The molecule has 1 aliphatic heterocycles. The van der Waals surface area contributed by atoms with Crippen molar-refractivity contribution < 1.29 is 18.8 Å². The van der Waals surface area contributed by atoms with E-state index in [1.165, 1.54) is 6.07 Å². The third-order valence-corrected chi connectivity index (χ3v) is 7.55. The third kappa shape index (κ3) is 5.17. The van der Waals surface area contributed by atoms with Gasteiger partial charge in [-0.25, -0.2) is 4.39 Å². The number of likely N-dealkylation sites (tertiary alicyclic amines) is 1. The lowest BCUT2D eigenvalue weighted by Crippen LogP contribution is -2.48. The number of hydrogen-bond donors (Lipinski definition) is 1. The van der Waals surface area contributed by atoms with E-state index in [1.54, 1.807) is 17.0 Å². The molecule has 34 heavy (non-hydrogen) atoms. The second-order valence-corrected chi connectivity index (χ2v) is 10.2. The first-order valence-corrected chi connectivity index (χ1v) is 12.7. The summed E-state index contributed by atoms with van der Waals surface area (Å²) in [4.78, 5) is 40.5. The Morgan fingerprint density at radius 1 is 1.09 bits per heavy atom. The van der Waals surface area contributed by atoms with Gasteiger partial charge in [-0.3, -0.25) is 14.4 Å². The largest absolute Gasteiger partial charge is 0.342 e. The first-order chi connectivity index (χ1) is 16.4. The van der Waals surface area contributed by atoms with Gasteiger partial charge in [0.05, 0.1) is 17.2 Å². The van der Waals surface area contributed by atoms with Crippen molar-refractivity contribution in [3.05, 3.63) is 52.5 Å². The third-order valence-electron chi connectivity index (χ3n) is 7.55.